The van der Waals surface area contributed by atoms with Gasteiger partial charge in [0.1, 0.15) is 11.5 Å². The summed E-state index contributed by atoms with van der Waals surface area (Å²) < 4.78 is 45.3. The summed E-state index contributed by atoms with van der Waals surface area (Å²) in [5.41, 5.74) is 0.983. The Morgan fingerprint density at radius 3 is 2.36 bits per heavy atom. The lowest BCUT2D eigenvalue weighted by molar-refractivity contribution is -0.0514. The maximum atomic E-state index is 12.6. The molecule has 1 amide bonds. The number of halogens is 2. The van der Waals surface area contributed by atoms with Crippen molar-refractivity contribution >= 4 is 5.91 Å². The molecule has 2 rings (SSSR count). The molecule has 2 aromatic rings. The average Bonchev–Trinajstić information content (AvgIpc) is 2.68. The van der Waals surface area contributed by atoms with Crippen LogP contribution in [0, 0.1) is 0 Å². The van der Waals surface area contributed by atoms with E-state index in [9.17, 15) is 13.6 Å². The van der Waals surface area contributed by atoms with E-state index in [2.05, 4.69) is 10.1 Å². The Morgan fingerprint density at radius 2 is 1.75 bits per heavy atom. The van der Waals surface area contributed by atoms with Crippen molar-refractivity contribution in [3.8, 4) is 23.0 Å². The first kappa shape index (κ1) is 21.3. The third kappa shape index (κ3) is 5.25. The maximum absolute atomic E-state index is 12.6. The van der Waals surface area contributed by atoms with Gasteiger partial charge in [0, 0.05) is 11.1 Å². The molecule has 1 atom stereocenters. The van der Waals surface area contributed by atoms with Crippen LogP contribution in [-0.4, -0.2) is 33.3 Å². The highest BCUT2D eigenvalue weighted by Gasteiger charge is 2.18. The van der Waals surface area contributed by atoms with Crippen LogP contribution in [0.15, 0.2) is 36.4 Å². The van der Waals surface area contributed by atoms with Crippen LogP contribution in [0.25, 0.3) is 0 Å². The summed E-state index contributed by atoms with van der Waals surface area (Å²) >= 11 is 0. The van der Waals surface area contributed by atoms with Crippen molar-refractivity contribution in [1.82, 2.24) is 5.32 Å². The van der Waals surface area contributed by atoms with Crippen molar-refractivity contribution in [2.45, 2.75) is 26.5 Å². The Balaban J connectivity index is 2.23. The van der Waals surface area contributed by atoms with E-state index in [0.29, 0.717) is 11.5 Å². The summed E-state index contributed by atoms with van der Waals surface area (Å²) in [5.74, 6) is 0.771. The molecule has 0 saturated carbocycles. The monoisotopic (exact) mass is 395 g/mol. The van der Waals surface area contributed by atoms with Crippen LogP contribution in [0.3, 0.4) is 0 Å². The van der Waals surface area contributed by atoms with Crippen molar-refractivity contribution in [3.05, 3.63) is 47.5 Å². The molecule has 8 heteroatoms. The van der Waals surface area contributed by atoms with Gasteiger partial charge >= 0.3 is 6.61 Å². The van der Waals surface area contributed by atoms with E-state index >= 15 is 0 Å². The number of carbonyl (C=O) groups is 1. The van der Waals surface area contributed by atoms with Crippen molar-refractivity contribution in [2.75, 3.05) is 20.8 Å². The minimum atomic E-state index is -2.99. The highest BCUT2D eigenvalue weighted by Crippen LogP contribution is 2.31. The van der Waals surface area contributed by atoms with E-state index in [1.165, 1.54) is 25.3 Å². The molecule has 0 saturated heterocycles. The van der Waals surface area contributed by atoms with Gasteiger partial charge in [0.05, 0.1) is 26.9 Å². The fourth-order valence-corrected chi connectivity index (χ4v) is 2.65. The molecule has 152 valence electrons. The smallest absolute Gasteiger partial charge is 0.387 e. The first-order valence-corrected chi connectivity index (χ1v) is 8.64. The highest BCUT2D eigenvalue weighted by atomic mass is 19.3. The van der Waals surface area contributed by atoms with Gasteiger partial charge in [0.2, 0.25) is 0 Å². The van der Waals surface area contributed by atoms with E-state index in [1.54, 1.807) is 39.2 Å². The number of carbonyl (C=O) groups excluding carboxylic acids is 1. The fourth-order valence-electron chi connectivity index (χ4n) is 2.65. The zero-order valence-corrected chi connectivity index (χ0v) is 16.1. The minimum Gasteiger partial charge on any atom is -0.497 e. The number of rotatable bonds is 9. The van der Waals surface area contributed by atoms with Gasteiger partial charge < -0.3 is 24.3 Å². The average molecular weight is 395 g/mol. The van der Waals surface area contributed by atoms with Crippen LogP contribution in [0.5, 0.6) is 23.0 Å². The van der Waals surface area contributed by atoms with Gasteiger partial charge in [-0.15, -0.1) is 0 Å². The second-order valence-electron chi connectivity index (χ2n) is 5.78. The molecule has 2 aromatic carbocycles. The molecule has 0 aromatic heterocycles. The Hall–Kier alpha value is -3.03. The molecule has 0 fully saturated rings. The highest BCUT2D eigenvalue weighted by molar-refractivity contribution is 5.95. The van der Waals surface area contributed by atoms with Gasteiger partial charge in [-0.05, 0) is 50.2 Å². The molecule has 0 aliphatic carbocycles. The lowest BCUT2D eigenvalue weighted by Gasteiger charge is -2.19. The summed E-state index contributed by atoms with van der Waals surface area (Å²) in [6, 6.07) is 8.92. The molecule has 0 aliphatic heterocycles. The molecule has 0 radical (unpaired) electrons. The van der Waals surface area contributed by atoms with Crippen LogP contribution < -0.4 is 24.3 Å². The SMILES string of the molecule is CCOc1cc(C(=O)N[C@H](C)c2cc(OC)ccc2OC)ccc1OC(F)F. The van der Waals surface area contributed by atoms with E-state index in [0.717, 1.165) is 5.56 Å². The van der Waals surface area contributed by atoms with Crippen molar-refractivity contribution < 1.29 is 32.5 Å². The Labute approximate surface area is 162 Å². The van der Waals surface area contributed by atoms with E-state index < -0.39 is 18.6 Å². The summed E-state index contributed by atoms with van der Waals surface area (Å²) in [5, 5.41) is 2.85. The molecule has 0 aliphatic rings. The van der Waals surface area contributed by atoms with E-state index in [4.69, 9.17) is 14.2 Å². The zero-order valence-electron chi connectivity index (χ0n) is 16.1. The standard InChI is InChI=1S/C20H23F2NO5/c1-5-27-18-10-13(6-8-17(18)28-20(21)22)19(24)23-12(2)15-11-14(25-3)7-9-16(15)26-4/h6-12,20H,5H2,1-4H3,(H,23,24)/t12-/m1/s1. The van der Waals surface area contributed by atoms with Crippen molar-refractivity contribution in [2.24, 2.45) is 0 Å². The summed E-state index contributed by atoms with van der Waals surface area (Å²) in [7, 11) is 3.09. The van der Waals surface area contributed by atoms with Crippen LogP contribution in [0.1, 0.15) is 35.8 Å². The number of methoxy groups -OCH3 is 2. The number of hydrogen-bond acceptors (Lipinski definition) is 5. The maximum Gasteiger partial charge on any atom is 0.387 e. The molecule has 0 heterocycles. The summed E-state index contributed by atoms with van der Waals surface area (Å²) in [4.78, 5) is 12.6. The van der Waals surface area contributed by atoms with Crippen LogP contribution in [0.4, 0.5) is 8.78 Å². The van der Waals surface area contributed by atoms with Gasteiger partial charge in [-0.3, -0.25) is 4.79 Å². The number of hydrogen-bond donors (Lipinski definition) is 1. The number of alkyl halides is 2. The quantitative estimate of drug-likeness (QED) is 0.690. The van der Waals surface area contributed by atoms with Gasteiger partial charge in [0.15, 0.2) is 11.5 Å². The second kappa shape index (κ2) is 9.77. The molecule has 0 bridgehead atoms. The minimum absolute atomic E-state index is 0.0714. The number of amides is 1. The van der Waals surface area contributed by atoms with Gasteiger partial charge in [0.25, 0.3) is 5.91 Å². The molecular formula is C20H23F2NO5. The Kier molecular flexibility index (Phi) is 7.43. The third-order valence-electron chi connectivity index (χ3n) is 3.97. The molecule has 28 heavy (non-hydrogen) atoms. The van der Waals surface area contributed by atoms with Gasteiger partial charge in [-0.2, -0.15) is 8.78 Å². The van der Waals surface area contributed by atoms with Crippen LogP contribution >= 0.6 is 0 Å². The first-order chi connectivity index (χ1) is 13.4. The Morgan fingerprint density at radius 1 is 1.04 bits per heavy atom. The molecule has 0 unspecified atom stereocenters. The summed E-state index contributed by atoms with van der Waals surface area (Å²) in [6.07, 6.45) is 0. The number of benzene rings is 2. The Bertz CT molecular complexity index is 813. The van der Waals surface area contributed by atoms with E-state index in [1.807, 2.05) is 0 Å². The normalized spacial score (nSPS) is 11.7. The number of nitrogens with one attached hydrogen (secondary N) is 1. The molecule has 6 nitrogen and oxygen atoms in total. The fraction of sp³-hybridized carbons (Fsp3) is 0.350. The molecule has 0 spiro atoms. The van der Waals surface area contributed by atoms with Crippen LogP contribution in [-0.2, 0) is 0 Å². The summed E-state index contributed by atoms with van der Waals surface area (Å²) in [6.45, 7) is 0.754. The third-order valence-corrected chi connectivity index (χ3v) is 3.97. The molecular weight excluding hydrogens is 372 g/mol. The van der Waals surface area contributed by atoms with Gasteiger partial charge in [-0.25, -0.2) is 0 Å². The predicted molar refractivity (Wildman–Crippen MR) is 99.7 cm³/mol. The zero-order chi connectivity index (χ0) is 20.7. The second-order valence-corrected chi connectivity index (χ2v) is 5.78. The lowest BCUT2D eigenvalue weighted by Crippen LogP contribution is -2.27. The predicted octanol–water partition coefficient (Wildman–Crippen LogP) is 4.19. The largest absolute Gasteiger partial charge is 0.497 e. The van der Waals surface area contributed by atoms with Crippen LogP contribution in [0.2, 0.25) is 0 Å². The number of ether oxygens (including phenoxy) is 4. The van der Waals surface area contributed by atoms with Gasteiger partial charge in [-0.1, -0.05) is 0 Å². The van der Waals surface area contributed by atoms with Crippen molar-refractivity contribution in [1.29, 1.82) is 0 Å². The topological polar surface area (TPSA) is 66.0 Å². The van der Waals surface area contributed by atoms with E-state index in [-0.39, 0.29) is 23.7 Å². The first-order valence-electron chi connectivity index (χ1n) is 8.64. The van der Waals surface area contributed by atoms with Crippen molar-refractivity contribution in [3.63, 3.8) is 0 Å². The molecule has 1 N–H and O–H groups in total. The lowest BCUT2D eigenvalue weighted by atomic mass is 10.1.